The number of anilines is 2. The van der Waals surface area contributed by atoms with Crippen LogP contribution in [0.3, 0.4) is 0 Å². The van der Waals surface area contributed by atoms with Crippen LogP contribution >= 0.6 is 11.6 Å². The number of fused-ring (bicyclic) bond motifs is 4. The molecule has 1 amide bonds. The number of amides is 1. The van der Waals surface area contributed by atoms with Crippen molar-refractivity contribution in [1.82, 2.24) is 0 Å². The molecule has 0 aliphatic carbocycles. The van der Waals surface area contributed by atoms with Crippen LogP contribution in [0.1, 0.15) is 22.1 Å². The third-order valence-electron chi connectivity index (χ3n) is 4.45. The Labute approximate surface area is 132 Å². The minimum absolute atomic E-state index is 0.0165. The van der Waals surface area contributed by atoms with Gasteiger partial charge in [0.2, 0.25) is 0 Å². The van der Waals surface area contributed by atoms with Crippen molar-refractivity contribution in [1.29, 1.82) is 0 Å². The normalized spacial score (nSPS) is 18.1. The molecule has 3 aromatic carbocycles. The van der Waals surface area contributed by atoms with Crippen LogP contribution < -0.4 is 10.2 Å². The highest BCUT2D eigenvalue weighted by Crippen LogP contribution is 2.47. The molecule has 0 saturated carbocycles. The standard InChI is InChI=1S/C18H11ClN2O/c19-11-7-8-14-15(9-11)21-17(20-14)12-5-1-3-10-4-2-6-13(16(10)12)18(21)22/h1-9,17,20H. The van der Waals surface area contributed by atoms with Crippen molar-refractivity contribution >= 4 is 39.7 Å². The molecule has 3 nitrogen and oxygen atoms in total. The zero-order chi connectivity index (χ0) is 14.8. The van der Waals surface area contributed by atoms with Crippen LogP contribution in [0.2, 0.25) is 5.02 Å². The molecule has 106 valence electrons. The van der Waals surface area contributed by atoms with E-state index in [0.29, 0.717) is 5.02 Å². The van der Waals surface area contributed by atoms with Gasteiger partial charge < -0.3 is 5.32 Å². The average molecular weight is 307 g/mol. The van der Waals surface area contributed by atoms with E-state index in [1.807, 2.05) is 48.5 Å². The van der Waals surface area contributed by atoms with E-state index in [2.05, 4.69) is 11.4 Å². The van der Waals surface area contributed by atoms with Crippen LogP contribution in [-0.2, 0) is 0 Å². The fourth-order valence-corrected chi connectivity index (χ4v) is 3.69. The maximum atomic E-state index is 13.0. The lowest BCUT2D eigenvalue weighted by molar-refractivity contribution is 0.0980. The van der Waals surface area contributed by atoms with Gasteiger partial charge in [-0.1, -0.05) is 41.9 Å². The molecular formula is C18H11ClN2O. The van der Waals surface area contributed by atoms with Crippen molar-refractivity contribution < 1.29 is 4.79 Å². The van der Waals surface area contributed by atoms with Crippen LogP contribution in [0.4, 0.5) is 11.4 Å². The SMILES string of the molecule is O=C1c2cccc3cccc(c23)C2Nc3ccc(Cl)cc3N12. The van der Waals surface area contributed by atoms with Crippen molar-refractivity contribution in [3.8, 4) is 0 Å². The molecule has 0 aromatic heterocycles. The first-order valence-corrected chi connectivity index (χ1v) is 7.53. The smallest absolute Gasteiger partial charge is 0.260 e. The molecular weight excluding hydrogens is 296 g/mol. The Bertz CT molecular complexity index is 961. The second-order valence-electron chi connectivity index (χ2n) is 5.63. The molecule has 0 bridgehead atoms. The molecule has 2 heterocycles. The number of halogens is 1. The third-order valence-corrected chi connectivity index (χ3v) is 4.69. The number of hydrogen-bond donors (Lipinski definition) is 1. The maximum Gasteiger partial charge on any atom is 0.260 e. The van der Waals surface area contributed by atoms with Gasteiger partial charge in [0.15, 0.2) is 0 Å². The van der Waals surface area contributed by atoms with Gasteiger partial charge in [-0.15, -0.1) is 0 Å². The Balaban J connectivity index is 1.84. The Kier molecular flexibility index (Phi) is 2.20. The van der Waals surface area contributed by atoms with E-state index < -0.39 is 0 Å². The van der Waals surface area contributed by atoms with Crippen LogP contribution in [0.15, 0.2) is 54.6 Å². The molecule has 5 rings (SSSR count). The lowest BCUT2D eigenvalue weighted by atomic mass is 9.93. The highest BCUT2D eigenvalue weighted by molar-refractivity contribution is 6.31. The molecule has 0 fully saturated rings. The van der Waals surface area contributed by atoms with Crippen LogP contribution in [0, 0.1) is 0 Å². The largest absolute Gasteiger partial charge is 0.359 e. The Morgan fingerprint density at radius 2 is 1.86 bits per heavy atom. The van der Waals surface area contributed by atoms with E-state index in [0.717, 1.165) is 33.3 Å². The van der Waals surface area contributed by atoms with Gasteiger partial charge >= 0.3 is 0 Å². The predicted octanol–water partition coefficient (Wildman–Crippen LogP) is 4.58. The summed E-state index contributed by atoms with van der Waals surface area (Å²) in [6.07, 6.45) is -0.167. The van der Waals surface area contributed by atoms with Gasteiger partial charge in [-0.05, 0) is 29.7 Å². The van der Waals surface area contributed by atoms with Crippen LogP contribution in [0.5, 0.6) is 0 Å². The molecule has 1 atom stereocenters. The third kappa shape index (κ3) is 1.39. The molecule has 1 unspecified atom stereocenters. The van der Waals surface area contributed by atoms with Gasteiger partial charge in [-0.2, -0.15) is 0 Å². The average Bonchev–Trinajstić information content (AvgIpc) is 2.91. The summed E-state index contributed by atoms with van der Waals surface area (Å²) in [5.41, 5.74) is 3.65. The summed E-state index contributed by atoms with van der Waals surface area (Å²) in [7, 11) is 0. The minimum atomic E-state index is -0.167. The second-order valence-corrected chi connectivity index (χ2v) is 6.07. The number of rotatable bonds is 0. The van der Waals surface area contributed by atoms with E-state index in [1.54, 1.807) is 4.90 Å². The van der Waals surface area contributed by atoms with Gasteiger partial charge in [0, 0.05) is 21.5 Å². The molecule has 0 radical (unpaired) electrons. The Hall–Kier alpha value is -2.52. The quantitative estimate of drug-likeness (QED) is 0.659. The van der Waals surface area contributed by atoms with Crippen LogP contribution in [-0.4, -0.2) is 5.91 Å². The van der Waals surface area contributed by atoms with E-state index in [9.17, 15) is 4.79 Å². The van der Waals surface area contributed by atoms with Crippen molar-refractivity contribution in [2.24, 2.45) is 0 Å². The molecule has 3 aromatic rings. The summed E-state index contributed by atoms with van der Waals surface area (Å²) in [5, 5.41) is 6.21. The first kappa shape index (κ1) is 12.1. The molecule has 22 heavy (non-hydrogen) atoms. The van der Waals surface area contributed by atoms with Crippen molar-refractivity contribution in [2.45, 2.75) is 6.17 Å². The number of carbonyl (C=O) groups excluding carboxylic acids is 1. The number of nitrogens with one attached hydrogen (secondary N) is 1. The number of benzene rings is 3. The lowest BCUT2D eigenvalue weighted by Gasteiger charge is -2.31. The summed E-state index contributed by atoms with van der Waals surface area (Å²) in [4.78, 5) is 14.8. The van der Waals surface area contributed by atoms with Crippen LogP contribution in [0.25, 0.3) is 10.8 Å². The summed E-state index contributed by atoms with van der Waals surface area (Å²) in [5.74, 6) is 0.0165. The maximum absolute atomic E-state index is 13.0. The van der Waals surface area contributed by atoms with Gasteiger partial charge in [0.25, 0.3) is 5.91 Å². The highest BCUT2D eigenvalue weighted by atomic mass is 35.5. The minimum Gasteiger partial charge on any atom is -0.359 e. The molecule has 2 aliphatic rings. The fraction of sp³-hybridized carbons (Fsp3) is 0.0556. The topological polar surface area (TPSA) is 32.3 Å². The lowest BCUT2D eigenvalue weighted by Crippen LogP contribution is -2.37. The molecule has 0 spiro atoms. The summed E-state index contributed by atoms with van der Waals surface area (Å²) in [6.45, 7) is 0. The van der Waals surface area contributed by atoms with E-state index in [-0.39, 0.29) is 12.1 Å². The summed E-state index contributed by atoms with van der Waals surface area (Å²) in [6, 6.07) is 17.6. The first-order valence-electron chi connectivity index (χ1n) is 7.15. The molecule has 1 N–H and O–H groups in total. The fourth-order valence-electron chi connectivity index (χ4n) is 3.53. The Morgan fingerprint density at radius 3 is 2.73 bits per heavy atom. The summed E-state index contributed by atoms with van der Waals surface area (Å²) < 4.78 is 0. The number of nitrogens with zero attached hydrogens (tertiary/aromatic N) is 1. The van der Waals surface area contributed by atoms with E-state index >= 15 is 0 Å². The Morgan fingerprint density at radius 1 is 1.05 bits per heavy atom. The molecule has 0 saturated heterocycles. The van der Waals surface area contributed by atoms with Gasteiger partial charge in [-0.3, -0.25) is 9.69 Å². The van der Waals surface area contributed by atoms with E-state index in [4.69, 9.17) is 11.6 Å². The monoisotopic (exact) mass is 306 g/mol. The molecule has 2 aliphatic heterocycles. The highest BCUT2D eigenvalue weighted by Gasteiger charge is 2.40. The number of carbonyl (C=O) groups is 1. The zero-order valence-electron chi connectivity index (χ0n) is 11.5. The number of hydrogen-bond acceptors (Lipinski definition) is 2. The van der Waals surface area contributed by atoms with Crippen molar-refractivity contribution in [3.05, 3.63) is 70.7 Å². The van der Waals surface area contributed by atoms with Gasteiger partial charge in [0.1, 0.15) is 6.17 Å². The predicted molar refractivity (Wildman–Crippen MR) is 88.6 cm³/mol. The van der Waals surface area contributed by atoms with Crippen molar-refractivity contribution in [2.75, 3.05) is 10.2 Å². The second kappa shape index (κ2) is 4.02. The first-order chi connectivity index (χ1) is 10.7. The van der Waals surface area contributed by atoms with E-state index in [1.165, 1.54) is 0 Å². The van der Waals surface area contributed by atoms with Gasteiger partial charge in [-0.25, -0.2) is 0 Å². The summed E-state index contributed by atoms with van der Waals surface area (Å²) >= 11 is 6.12. The van der Waals surface area contributed by atoms with Gasteiger partial charge in [0.05, 0.1) is 11.4 Å². The van der Waals surface area contributed by atoms with Crippen molar-refractivity contribution in [3.63, 3.8) is 0 Å². The molecule has 4 heteroatoms. The zero-order valence-corrected chi connectivity index (χ0v) is 12.3.